The maximum atomic E-state index is 6.75. The van der Waals surface area contributed by atoms with E-state index in [-0.39, 0.29) is 10.8 Å². The van der Waals surface area contributed by atoms with Crippen molar-refractivity contribution in [3.05, 3.63) is 166 Å². The van der Waals surface area contributed by atoms with Crippen LogP contribution in [0, 0.1) is 6.92 Å². The van der Waals surface area contributed by atoms with Crippen molar-refractivity contribution in [2.45, 2.75) is 64.7 Å². The molecule has 0 saturated heterocycles. The Morgan fingerprint density at radius 2 is 1.08 bits per heavy atom. The van der Waals surface area contributed by atoms with Crippen LogP contribution >= 0.6 is 0 Å². The molecule has 10 rings (SSSR count). The number of anilines is 2. The number of rotatable bonds is 2. The second-order valence-electron chi connectivity index (χ2n) is 17.1. The zero-order valence-corrected chi connectivity index (χ0v) is 31.0. The third kappa shape index (κ3) is 4.18. The molecule has 2 aliphatic carbocycles. The summed E-state index contributed by atoms with van der Waals surface area (Å²) in [5, 5.41) is 8.63. The van der Waals surface area contributed by atoms with Crippen molar-refractivity contribution in [3.63, 3.8) is 0 Å². The Balaban J connectivity index is 1.22. The van der Waals surface area contributed by atoms with E-state index >= 15 is 0 Å². The first-order valence-electron chi connectivity index (χ1n) is 18.6. The van der Waals surface area contributed by atoms with Gasteiger partial charge in [-0.15, -0.1) is 0 Å². The smallest absolute Gasteiger partial charge is 0.158 e. The van der Waals surface area contributed by atoms with Crippen LogP contribution < -0.4 is 5.32 Å². The van der Waals surface area contributed by atoms with Crippen molar-refractivity contribution in [1.29, 1.82) is 0 Å². The van der Waals surface area contributed by atoms with Crippen LogP contribution in [0.15, 0.2) is 132 Å². The molecular weight excluding hydrogens is 631 g/mol. The van der Waals surface area contributed by atoms with E-state index < -0.39 is 5.41 Å². The first-order valence-corrected chi connectivity index (χ1v) is 18.6. The molecule has 0 unspecified atom stereocenters. The van der Waals surface area contributed by atoms with Crippen LogP contribution in [-0.4, -0.2) is 0 Å². The van der Waals surface area contributed by atoms with E-state index in [0.717, 1.165) is 33.5 Å². The minimum Gasteiger partial charge on any atom is -0.454 e. The fourth-order valence-electron chi connectivity index (χ4n) is 9.26. The topological polar surface area (TPSA) is 25.2 Å². The molecule has 0 aliphatic heterocycles. The molecule has 1 spiro atoms. The molecule has 2 heteroatoms. The van der Waals surface area contributed by atoms with Crippen LogP contribution in [0.5, 0.6) is 0 Å². The predicted molar refractivity (Wildman–Crippen MR) is 219 cm³/mol. The molecule has 0 bridgehead atoms. The van der Waals surface area contributed by atoms with E-state index in [1.807, 2.05) is 0 Å². The molecule has 1 aromatic heterocycles. The number of furan rings is 1. The summed E-state index contributed by atoms with van der Waals surface area (Å²) < 4.78 is 6.75. The minimum absolute atomic E-state index is 0.0147. The molecule has 0 fully saturated rings. The molecule has 0 radical (unpaired) electrons. The highest BCUT2D eigenvalue weighted by Crippen LogP contribution is 2.64. The Morgan fingerprint density at radius 1 is 0.500 bits per heavy atom. The molecule has 7 aromatic carbocycles. The maximum absolute atomic E-state index is 6.75. The highest BCUT2D eigenvalue weighted by atomic mass is 16.3. The van der Waals surface area contributed by atoms with Gasteiger partial charge in [0.1, 0.15) is 5.58 Å². The standard InChI is InChI=1S/C50H43NO/c1-29-25-30-13-8-9-14-34(30)45-39-16-12-18-44(47(39)52-46(29)45)51-33-21-24-38-35-15-10-11-17-40(35)50(43(38)28-33)41-26-31(48(2,3)4)19-22-36(41)37-23-20-32(27-42(37)50)49(5,6)7/h8-28,51H,1-7H3. The Morgan fingerprint density at radius 3 is 1.77 bits per heavy atom. The van der Waals surface area contributed by atoms with Gasteiger partial charge in [-0.1, -0.05) is 145 Å². The summed E-state index contributed by atoms with van der Waals surface area (Å²) in [6.07, 6.45) is 0. The summed E-state index contributed by atoms with van der Waals surface area (Å²) in [5.41, 5.74) is 18.0. The summed E-state index contributed by atoms with van der Waals surface area (Å²) in [5.74, 6) is 0. The van der Waals surface area contributed by atoms with Crippen LogP contribution in [0.2, 0.25) is 0 Å². The number of nitrogens with one attached hydrogen (secondary N) is 1. The lowest BCUT2D eigenvalue weighted by atomic mass is 9.68. The Labute approximate surface area is 306 Å². The second kappa shape index (κ2) is 10.5. The van der Waals surface area contributed by atoms with Gasteiger partial charge < -0.3 is 9.73 Å². The Bertz CT molecular complexity index is 2730. The molecule has 52 heavy (non-hydrogen) atoms. The van der Waals surface area contributed by atoms with Crippen molar-refractivity contribution >= 4 is 44.1 Å². The van der Waals surface area contributed by atoms with Crippen LogP contribution in [0.25, 0.3) is 55.0 Å². The van der Waals surface area contributed by atoms with Gasteiger partial charge in [-0.2, -0.15) is 0 Å². The Kier molecular flexibility index (Phi) is 6.28. The van der Waals surface area contributed by atoms with E-state index in [4.69, 9.17) is 4.42 Å². The normalized spacial score (nSPS) is 14.2. The van der Waals surface area contributed by atoms with E-state index in [1.165, 1.54) is 71.8 Å². The zero-order valence-electron chi connectivity index (χ0n) is 31.0. The number of fused-ring (bicyclic) bond motifs is 15. The van der Waals surface area contributed by atoms with E-state index in [1.54, 1.807) is 0 Å². The van der Waals surface area contributed by atoms with Crippen molar-refractivity contribution in [2.24, 2.45) is 0 Å². The summed E-state index contributed by atoms with van der Waals surface area (Å²) in [7, 11) is 0. The molecule has 2 aliphatic rings. The number of hydrogen-bond donors (Lipinski definition) is 1. The van der Waals surface area contributed by atoms with Crippen molar-refractivity contribution in [3.8, 4) is 22.3 Å². The third-order valence-corrected chi connectivity index (χ3v) is 11.9. The molecule has 1 N–H and O–H groups in total. The fourth-order valence-corrected chi connectivity index (χ4v) is 9.26. The first kappa shape index (κ1) is 31.2. The number of aryl methyl sites for hydroxylation is 1. The predicted octanol–water partition coefficient (Wildman–Crippen LogP) is 13.7. The quantitative estimate of drug-likeness (QED) is 0.198. The van der Waals surface area contributed by atoms with E-state index in [2.05, 4.69) is 181 Å². The van der Waals surface area contributed by atoms with Gasteiger partial charge >= 0.3 is 0 Å². The molecule has 0 amide bonds. The van der Waals surface area contributed by atoms with E-state index in [0.29, 0.717) is 0 Å². The lowest BCUT2D eigenvalue weighted by molar-refractivity contribution is 0.586. The molecule has 1 heterocycles. The van der Waals surface area contributed by atoms with Gasteiger partial charge in [0.05, 0.1) is 11.1 Å². The molecule has 0 atom stereocenters. The lowest BCUT2D eigenvalue weighted by Gasteiger charge is -2.33. The summed E-state index contributed by atoms with van der Waals surface area (Å²) in [6.45, 7) is 16.1. The summed E-state index contributed by atoms with van der Waals surface area (Å²) >= 11 is 0. The van der Waals surface area contributed by atoms with Crippen molar-refractivity contribution < 1.29 is 4.42 Å². The number of para-hydroxylation sites is 1. The van der Waals surface area contributed by atoms with E-state index in [9.17, 15) is 0 Å². The summed E-state index contributed by atoms with van der Waals surface area (Å²) in [6, 6.07) is 47.9. The van der Waals surface area contributed by atoms with Crippen LogP contribution in [-0.2, 0) is 16.2 Å². The molecule has 2 nitrogen and oxygen atoms in total. The fraction of sp³-hybridized carbons (Fsp3) is 0.200. The van der Waals surface area contributed by atoms with Crippen LogP contribution in [0.4, 0.5) is 11.4 Å². The molecule has 0 saturated carbocycles. The molecular formula is C50H43NO. The highest BCUT2D eigenvalue weighted by molar-refractivity contribution is 6.21. The second-order valence-corrected chi connectivity index (χ2v) is 17.1. The van der Waals surface area contributed by atoms with Crippen molar-refractivity contribution in [2.75, 3.05) is 5.32 Å². The van der Waals surface area contributed by atoms with Gasteiger partial charge in [-0.05, 0) is 114 Å². The highest BCUT2D eigenvalue weighted by Gasteiger charge is 2.52. The lowest BCUT2D eigenvalue weighted by Crippen LogP contribution is -2.27. The van der Waals surface area contributed by atoms with Gasteiger partial charge in [0, 0.05) is 16.5 Å². The molecule has 254 valence electrons. The zero-order chi connectivity index (χ0) is 35.7. The average molecular weight is 674 g/mol. The van der Waals surface area contributed by atoms with Crippen molar-refractivity contribution in [1.82, 2.24) is 0 Å². The monoisotopic (exact) mass is 673 g/mol. The Hall–Kier alpha value is -5.60. The van der Waals surface area contributed by atoms with Gasteiger partial charge in [-0.25, -0.2) is 0 Å². The minimum atomic E-state index is -0.446. The maximum Gasteiger partial charge on any atom is 0.158 e. The number of benzene rings is 7. The van der Waals surface area contributed by atoms with Gasteiger partial charge in [0.15, 0.2) is 5.58 Å². The van der Waals surface area contributed by atoms with Gasteiger partial charge in [0.2, 0.25) is 0 Å². The van der Waals surface area contributed by atoms with Gasteiger partial charge in [-0.3, -0.25) is 0 Å². The molecule has 8 aromatic rings. The SMILES string of the molecule is Cc1cc2ccccc2c2c1oc1c(Nc3ccc4c(c3)C3(c5ccccc5-4)c4cc(C(C)(C)C)ccc4-c4ccc(C(C)(C)C)cc43)cccc12. The van der Waals surface area contributed by atoms with Gasteiger partial charge in [0.25, 0.3) is 0 Å². The largest absolute Gasteiger partial charge is 0.454 e. The van der Waals surface area contributed by atoms with Crippen LogP contribution in [0.1, 0.15) is 80.5 Å². The summed E-state index contributed by atoms with van der Waals surface area (Å²) in [4.78, 5) is 0. The average Bonchev–Trinajstić information content (AvgIpc) is 3.76. The first-order chi connectivity index (χ1) is 24.9. The van der Waals surface area contributed by atoms with Crippen LogP contribution in [0.3, 0.4) is 0 Å². The third-order valence-electron chi connectivity index (χ3n) is 11.9. The number of hydrogen-bond acceptors (Lipinski definition) is 2.